The number of rotatable bonds is 3. The number of aryl methyl sites for hydroxylation is 1. The maximum atomic E-state index is 12.7. The van der Waals surface area contributed by atoms with Gasteiger partial charge in [0.2, 0.25) is 0 Å². The largest absolute Gasteiger partial charge is 0.505 e. The van der Waals surface area contributed by atoms with Gasteiger partial charge in [-0.3, -0.25) is 0 Å². The van der Waals surface area contributed by atoms with Crippen LogP contribution in [0.25, 0.3) is 0 Å². The lowest BCUT2D eigenvalue weighted by Crippen LogP contribution is -2.05. The molecule has 0 fully saturated rings. The van der Waals surface area contributed by atoms with Crippen molar-refractivity contribution in [2.45, 2.75) is 18.1 Å². The first kappa shape index (κ1) is 12.9. The third-order valence-electron chi connectivity index (χ3n) is 1.73. The fourth-order valence-electron chi connectivity index (χ4n) is 1.12. The first-order valence-electron chi connectivity index (χ1n) is 4.23. The lowest BCUT2D eigenvalue weighted by molar-refractivity contribution is 0.0523. The van der Waals surface area contributed by atoms with Crippen LogP contribution in [0, 0.1) is 6.92 Å². The molecule has 5 nitrogen and oxygen atoms in total. The summed E-state index contributed by atoms with van der Waals surface area (Å²) >= 11 is 0.488. The summed E-state index contributed by atoms with van der Waals surface area (Å²) < 4.78 is 37.7. The molecule has 0 amide bonds. The Labute approximate surface area is 95.7 Å². The molecule has 0 unspecified atom stereocenters. The Morgan fingerprint density at radius 2 is 2.12 bits per heavy atom. The number of ether oxygens (including phenoxy) is 1. The molecule has 0 atom stereocenters. The van der Waals surface area contributed by atoms with E-state index in [-0.39, 0.29) is 17.0 Å². The summed E-state index contributed by atoms with van der Waals surface area (Å²) in [6, 6.07) is 0. The van der Waals surface area contributed by atoms with Crippen LogP contribution in [0.15, 0.2) is 4.21 Å². The molecule has 1 N–H and O–H groups in total. The van der Waals surface area contributed by atoms with E-state index in [1.54, 1.807) is 6.92 Å². The van der Waals surface area contributed by atoms with Crippen LogP contribution in [0.2, 0.25) is 0 Å². The zero-order valence-electron chi connectivity index (χ0n) is 8.48. The summed E-state index contributed by atoms with van der Waals surface area (Å²) in [4.78, 5) is 11.5. The van der Waals surface area contributed by atoms with E-state index in [1.807, 2.05) is 0 Å². The predicted octanol–water partition coefficient (Wildman–Crippen LogP) is 1.60. The standard InChI is InChI=1S/C8H9FO5S2/c1-3-14-7(11)5-4(2)15-8(6(5)10)16(9,12)13/h10H,3H2,1-2H3. The molecule has 1 heterocycles. The molecule has 1 rings (SSSR count). The molecule has 0 aliphatic carbocycles. The smallest absolute Gasteiger partial charge is 0.345 e. The van der Waals surface area contributed by atoms with Crippen LogP contribution in [-0.4, -0.2) is 26.1 Å². The van der Waals surface area contributed by atoms with Crippen molar-refractivity contribution >= 4 is 27.5 Å². The van der Waals surface area contributed by atoms with E-state index in [2.05, 4.69) is 4.74 Å². The molecule has 0 bridgehead atoms. The van der Waals surface area contributed by atoms with Crippen molar-refractivity contribution in [3.63, 3.8) is 0 Å². The molecule has 8 heteroatoms. The van der Waals surface area contributed by atoms with Crippen molar-refractivity contribution in [1.29, 1.82) is 0 Å². The van der Waals surface area contributed by atoms with Gasteiger partial charge >= 0.3 is 16.2 Å². The monoisotopic (exact) mass is 268 g/mol. The van der Waals surface area contributed by atoms with Crippen molar-refractivity contribution in [1.82, 2.24) is 0 Å². The molecule has 16 heavy (non-hydrogen) atoms. The Morgan fingerprint density at radius 1 is 1.56 bits per heavy atom. The molecule has 90 valence electrons. The van der Waals surface area contributed by atoms with Gasteiger partial charge < -0.3 is 9.84 Å². The average molecular weight is 268 g/mol. The Hall–Kier alpha value is -1.15. The van der Waals surface area contributed by atoms with E-state index >= 15 is 0 Å². The van der Waals surface area contributed by atoms with E-state index < -0.39 is 26.2 Å². The second kappa shape index (κ2) is 4.38. The number of carbonyl (C=O) groups is 1. The zero-order chi connectivity index (χ0) is 12.5. The summed E-state index contributed by atoms with van der Waals surface area (Å²) in [6.07, 6.45) is 0. The summed E-state index contributed by atoms with van der Waals surface area (Å²) in [5.41, 5.74) is -0.303. The number of carbonyl (C=O) groups excluding carboxylic acids is 1. The highest BCUT2D eigenvalue weighted by Gasteiger charge is 2.29. The summed E-state index contributed by atoms with van der Waals surface area (Å²) in [6.45, 7) is 3.03. The van der Waals surface area contributed by atoms with Gasteiger partial charge in [0, 0.05) is 4.88 Å². The van der Waals surface area contributed by atoms with Gasteiger partial charge in [0.1, 0.15) is 5.56 Å². The number of aromatic hydroxyl groups is 1. The fraction of sp³-hybridized carbons (Fsp3) is 0.375. The third kappa shape index (κ3) is 2.33. The molecule has 0 saturated heterocycles. The predicted molar refractivity (Wildman–Crippen MR) is 55.0 cm³/mol. The normalized spacial score (nSPS) is 11.4. The van der Waals surface area contributed by atoms with Crippen LogP contribution in [-0.2, 0) is 15.0 Å². The van der Waals surface area contributed by atoms with E-state index in [9.17, 15) is 22.2 Å². The summed E-state index contributed by atoms with van der Waals surface area (Å²) in [5, 5.41) is 9.43. The quantitative estimate of drug-likeness (QED) is 0.665. The highest BCUT2D eigenvalue weighted by molar-refractivity contribution is 7.88. The number of hydrogen-bond acceptors (Lipinski definition) is 6. The Kier molecular flexibility index (Phi) is 3.54. The summed E-state index contributed by atoms with van der Waals surface area (Å²) in [5.74, 6) is -1.76. The van der Waals surface area contributed by atoms with Crippen LogP contribution in [0.5, 0.6) is 5.75 Å². The van der Waals surface area contributed by atoms with Gasteiger partial charge in [0.05, 0.1) is 6.61 Å². The van der Waals surface area contributed by atoms with Gasteiger partial charge in [0.25, 0.3) is 0 Å². The van der Waals surface area contributed by atoms with E-state index in [1.165, 1.54) is 6.92 Å². The number of hydrogen-bond donors (Lipinski definition) is 1. The van der Waals surface area contributed by atoms with E-state index in [0.717, 1.165) is 0 Å². The zero-order valence-corrected chi connectivity index (χ0v) is 10.1. The Balaban J connectivity index is 3.34. The maximum Gasteiger partial charge on any atom is 0.345 e. The Morgan fingerprint density at radius 3 is 2.50 bits per heavy atom. The van der Waals surface area contributed by atoms with Gasteiger partial charge in [-0.2, -0.15) is 8.42 Å². The Bertz CT molecular complexity index is 517. The van der Waals surface area contributed by atoms with E-state index in [0.29, 0.717) is 11.3 Å². The van der Waals surface area contributed by atoms with Crippen molar-refractivity contribution < 1.29 is 26.9 Å². The van der Waals surface area contributed by atoms with Crippen LogP contribution in [0.3, 0.4) is 0 Å². The van der Waals surface area contributed by atoms with Gasteiger partial charge in [-0.1, -0.05) is 3.89 Å². The minimum atomic E-state index is -5.02. The molecule has 0 spiro atoms. The first-order valence-corrected chi connectivity index (χ1v) is 6.43. The number of halogens is 1. The highest BCUT2D eigenvalue weighted by atomic mass is 32.3. The van der Waals surface area contributed by atoms with Crippen molar-refractivity contribution in [3.05, 3.63) is 10.4 Å². The van der Waals surface area contributed by atoms with Crippen molar-refractivity contribution in [2.75, 3.05) is 6.61 Å². The van der Waals surface area contributed by atoms with Crippen LogP contribution in [0.1, 0.15) is 22.2 Å². The lowest BCUT2D eigenvalue weighted by Gasteiger charge is -2.00. The fourth-order valence-corrected chi connectivity index (χ4v) is 2.98. The molecule has 0 aromatic carbocycles. The number of esters is 1. The van der Waals surface area contributed by atoms with Crippen molar-refractivity contribution in [3.8, 4) is 5.75 Å². The second-order valence-corrected chi connectivity index (χ2v) is 5.59. The maximum absolute atomic E-state index is 12.7. The molecule has 0 radical (unpaired) electrons. The molecular weight excluding hydrogens is 259 g/mol. The lowest BCUT2D eigenvalue weighted by atomic mass is 10.2. The van der Waals surface area contributed by atoms with Crippen molar-refractivity contribution in [2.24, 2.45) is 0 Å². The molecule has 1 aromatic rings. The molecule has 0 saturated carbocycles. The van der Waals surface area contributed by atoms with Crippen LogP contribution >= 0.6 is 11.3 Å². The highest BCUT2D eigenvalue weighted by Crippen LogP contribution is 2.38. The van der Waals surface area contributed by atoms with Crippen LogP contribution in [0.4, 0.5) is 3.89 Å². The summed E-state index contributed by atoms with van der Waals surface area (Å²) in [7, 11) is -5.02. The van der Waals surface area contributed by atoms with Gasteiger partial charge in [-0.15, -0.1) is 11.3 Å². The van der Waals surface area contributed by atoms with E-state index in [4.69, 9.17) is 0 Å². The topological polar surface area (TPSA) is 80.7 Å². The molecule has 0 aliphatic rings. The molecule has 1 aromatic heterocycles. The SMILES string of the molecule is CCOC(=O)c1c(C)sc(S(=O)(=O)F)c1O. The first-order chi connectivity index (χ1) is 7.29. The molecule has 0 aliphatic heterocycles. The van der Waals surface area contributed by atoms with Gasteiger partial charge in [-0.25, -0.2) is 4.79 Å². The second-order valence-electron chi connectivity index (χ2n) is 2.83. The van der Waals surface area contributed by atoms with Gasteiger partial charge in [-0.05, 0) is 13.8 Å². The van der Waals surface area contributed by atoms with Crippen LogP contribution < -0.4 is 0 Å². The third-order valence-corrected chi connectivity index (χ3v) is 4.10. The van der Waals surface area contributed by atoms with Gasteiger partial charge in [0.15, 0.2) is 9.96 Å². The minimum absolute atomic E-state index is 0.0747. The number of thiophene rings is 1. The molecular formula is C8H9FO5S2. The average Bonchev–Trinajstić information content (AvgIpc) is 2.41. The minimum Gasteiger partial charge on any atom is -0.505 e.